The lowest BCUT2D eigenvalue weighted by atomic mass is 9.90. The van der Waals surface area contributed by atoms with E-state index in [1.54, 1.807) is 50.4 Å². The third kappa shape index (κ3) is 8.59. The molecule has 2 aliphatic heterocycles. The first-order chi connectivity index (χ1) is 28.5. The second kappa shape index (κ2) is 16.5. The number of methoxy groups -OCH3 is 2. The minimum absolute atomic E-state index is 0.118. The maximum atomic E-state index is 14.2. The van der Waals surface area contributed by atoms with E-state index in [0.717, 1.165) is 46.4 Å². The topological polar surface area (TPSA) is 146 Å². The molecule has 0 bridgehead atoms. The van der Waals surface area contributed by atoms with E-state index in [-0.39, 0.29) is 18.0 Å². The van der Waals surface area contributed by atoms with Gasteiger partial charge in [0.1, 0.15) is 22.8 Å². The molecule has 1 spiro atoms. The number of rotatable bonds is 15. The lowest BCUT2D eigenvalue weighted by Gasteiger charge is -2.37. The van der Waals surface area contributed by atoms with Crippen molar-refractivity contribution in [3.05, 3.63) is 118 Å². The monoisotopic (exact) mass is 823 g/mol. The van der Waals surface area contributed by atoms with Crippen LogP contribution in [0, 0.1) is 0 Å². The zero-order valence-electron chi connectivity index (χ0n) is 33.8. The van der Waals surface area contributed by atoms with Gasteiger partial charge in [-0.15, -0.1) is 5.10 Å². The third-order valence-electron chi connectivity index (χ3n) is 11.4. The van der Waals surface area contributed by atoms with Crippen LogP contribution in [0.15, 0.2) is 99.0 Å². The van der Waals surface area contributed by atoms with Crippen molar-refractivity contribution in [3.8, 4) is 28.7 Å². The van der Waals surface area contributed by atoms with E-state index in [2.05, 4.69) is 16.1 Å². The van der Waals surface area contributed by atoms with Gasteiger partial charge in [0.25, 0.3) is 0 Å². The molecule has 59 heavy (non-hydrogen) atoms. The smallest absolute Gasteiger partial charge is 0.437 e. The van der Waals surface area contributed by atoms with Crippen LogP contribution in [0.5, 0.6) is 17.2 Å². The van der Waals surface area contributed by atoms with Gasteiger partial charge in [-0.2, -0.15) is 8.99 Å². The number of ether oxygens (including phenoxy) is 4. The van der Waals surface area contributed by atoms with Crippen LogP contribution in [0.3, 0.4) is 0 Å². The maximum Gasteiger partial charge on any atom is 0.437 e. The van der Waals surface area contributed by atoms with Crippen molar-refractivity contribution in [3.63, 3.8) is 0 Å². The Balaban J connectivity index is 0.950. The summed E-state index contributed by atoms with van der Waals surface area (Å²) in [6.07, 6.45) is 2.97. The predicted octanol–water partition coefficient (Wildman–Crippen LogP) is 6.72. The summed E-state index contributed by atoms with van der Waals surface area (Å²) in [5.41, 5.74) is 4.49. The number of nitrogens with zero attached hydrogens (tertiary/aromatic N) is 5. The highest BCUT2D eigenvalue weighted by Gasteiger charge is 2.47. The molecule has 8 rings (SSSR count). The van der Waals surface area contributed by atoms with Crippen LogP contribution < -0.4 is 24.9 Å². The number of aromatic nitrogens is 2. The standard InChI is InChI=1S/C44H49N5O9S/c1-5-56-40-25-39(41-45-46(2)42(50)57-41)38(32-10-11-32)24-33(40)28-47-22-20-44(21-23-47)29-49(43(51)58-44)34-12-18-37(19-13-34)59(52,53)48(26-30-6-14-35(54-3)15-7-30)27-31-8-16-36(55-4)17-9-31/h6-9,12-19,24-25,32H,5,10-11,20-23,26-29H2,1-4H3. The van der Waals surface area contributed by atoms with Crippen LogP contribution in [0.25, 0.3) is 11.5 Å². The van der Waals surface area contributed by atoms with Crippen LogP contribution in [0.1, 0.15) is 60.8 Å². The molecule has 3 heterocycles. The van der Waals surface area contributed by atoms with Crippen LogP contribution in [-0.4, -0.2) is 79.6 Å². The van der Waals surface area contributed by atoms with Crippen molar-refractivity contribution >= 4 is 21.8 Å². The zero-order chi connectivity index (χ0) is 41.3. The minimum Gasteiger partial charge on any atom is -0.497 e. The summed E-state index contributed by atoms with van der Waals surface area (Å²) >= 11 is 0. The molecule has 310 valence electrons. The fourth-order valence-corrected chi connectivity index (χ4v) is 9.33. The first-order valence-electron chi connectivity index (χ1n) is 19.9. The van der Waals surface area contributed by atoms with Gasteiger partial charge in [0, 0.05) is 69.4 Å². The lowest BCUT2D eigenvalue weighted by Crippen LogP contribution is -2.46. The zero-order valence-corrected chi connectivity index (χ0v) is 34.6. The number of hydrogen-bond donors (Lipinski definition) is 0. The summed E-state index contributed by atoms with van der Waals surface area (Å²) in [6, 6.07) is 25.2. The average Bonchev–Trinajstić information content (AvgIpc) is 3.97. The Hall–Kier alpha value is -5.64. The molecule has 0 radical (unpaired) electrons. The molecular weight excluding hydrogens is 775 g/mol. The number of piperidine rings is 1. The Bertz CT molecular complexity index is 2400. The van der Waals surface area contributed by atoms with Crippen molar-refractivity contribution < 1.29 is 36.6 Å². The van der Waals surface area contributed by atoms with Gasteiger partial charge in [-0.25, -0.2) is 18.0 Å². The first-order valence-corrected chi connectivity index (χ1v) is 21.3. The number of carbonyl (C=O) groups excluding carboxylic acids is 1. The average molecular weight is 824 g/mol. The highest BCUT2D eigenvalue weighted by molar-refractivity contribution is 7.89. The summed E-state index contributed by atoms with van der Waals surface area (Å²) < 4.78 is 59.4. The second-order valence-corrected chi connectivity index (χ2v) is 17.4. The van der Waals surface area contributed by atoms with Gasteiger partial charge >= 0.3 is 11.8 Å². The Morgan fingerprint density at radius 1 is 0.864 bits per heavy atom. The summed E-state index contributed by atoms with van der Waals surface area (Å²) in [7, 11) is 0.777. The minimum atomic E-state index is -3.97. The highest BCUT2D eigenvalue weighted by Crippen LogP contribution is 2.46. The predicted molar refractivity (Wildman–Crippen MR) is 220 cm³/mol. The summed E-state index contributed by atoms with van der Waals surface area (Å²) in [5, 5.41) is 4.32. The van der Waals surface area contributed by atoms with Gasteiger partial charge in [-0.3, -0.25) is 9.80 Å². The lowest BCUT2D eigenvalue weighted by molar-refractivity contribution is -0.00111. The van der Waals surface area contributed by atoms with Crippen LogP contribution in [0.2, 0.25) is 0 Å². The molecule has 15 heteroatoms. The molecule has 1 aromatic heterocycles. The number of aryl methyl sites for hydroxylation is 1. The normalized spacial score (nSPS) is 16.8. The van der Waals surface area contributed by atoms with Crippen molar-refractivity contribution in [1.82, 2.24) is 19.0 Å². The molecule has 0 unspecified atom stereocenters. The van der Waals surface area contributed by atoms with Crippen molar-refractivity contribution in [2.45, 2.75) is 68.7 Å². The largest absolute Gasteiger partial charge is 0.497 e. The molecule has 1 amide bonds. The molecule has 1 aliphatic carbocycles. The second-order valence-electron chi connectivity index (χ2n) is 15.4. The van der Waals surface area contributed by atoms with Gasteiger partial charge in [0.2, 0.25) is 15.9 Å². The first kappa shape index (κ1) is 40.2. The van der Waals surface area contributed by atoms with E-state index < -0.39 is 27.5 Å². The van der Waals surface area contributed by atoms with E-state index >= 15 is 0 Å². The molecule has 14 nitrogen and oxygen atoms in total. The molecule has 1 saturated carbocycles. The van der Waals surface area contributed by atoms with Crippen LogP contribution >= 0.6 is 0 Å². The van der Waals surface area contributed by atoms with Gasteiger partial charge in [-0.05, 0) is 103 Å². The fourth-order valence-electron chi connectivity index (χ4n) is 7.91. The van der Waals surface area contributed by atoms with Crippen molar-refractivity contribution in [2.24, 2.45) is 7.05 Å². The van der Waals surface area contributed by atoms with E-state index in [9.17, 15) is 18.0 Å². The van der Waals surface area contributed by atoms with Crippen LogP contribution in [-0.2, 0) is 41.4 Å². The number of hydrogen-bond acceptors (Lipinski definition) is 11. The van der Waals surface area contributed by atoms with Crippen molar-refractivity contribution in [2.75, 3.05) is 45.4 Å². The number of sulfonamides is 1. The molecule has 0 N–H and O–H groups in total. The Morgan fingerprint density at radius 3 is 2.00 bits per heavy atom. The summed E-state index contributed by atoms with van der Waals surface area (Å²) in [6.45, 7) is 5.14. The number of likely N-dealkylation sites (tertiary alicyclic amines) is 1. The molecule has 5 aromatic rings. The Kier molecular flexibility index (Phi) is 11.3. The molecule has 0 atom stereocenters. The van der Waals surface area contributed by atoms with Crippen LogP contribution in [0.4, 0.5) is 10.5 Å². The SMILES string of the molecule is CCOc1cc(-c2nn(C)c(=O)o2)c(C2CC2)cc1CN1CCC2(CC1)CN(c1ccc(S(=O)(=O)N(Cc3ccc(OC)cc3)Cc3ccc(OC)cc3)cc1)C(=O)O2. The summed E-state index contributed by atoms with van der Waals surface area (Å²) in [4.78, 5) is 29.6. The summed E-state index contributed by atoms with van der Waals surface area (Å²) in [5.74, 6) is 2.27. The quantitative estimate of drug-likeness (QED) is 0.111. The van der Waals surface area contributed by atoms with E-state index in [1.807, 2.05) is 61.5 Å². The van der Waals surface area contributed by atoms with Gasteiger partial charge < -0.3 is 23.4 Å². The van der Waals surface area contributed by atoms with Gasteiger partial charge in [-0.1, -0.05) is 24.3 Å². The molecule has 3 aliphatic rings. The van der Waals surface area contributed by atoms with Gasteiger partial charge in [0.15, 0.2) is 0 Å². The van der Waals surface area contributed by atoms with E-state index in [1.165, 1.54) is 8.99 Å². The van der Waals surface area contributed by atoms with Crippen molar-refractivity contribution in [1.29, 1.82) is 0 Å². The van der Waals surface area contributed by atoms with E-state index in [0.29, 0.717) is 74.6 Å². The highest BCUT2D eigenvalue weighted by atomic mass is 32.2. The number of carbonyl (C=O) groups is 1. The van der Waals surface area contributed by atoms with Gasteiger partial charge in [0.05, 0.1) is 32.3 Å². The molecule has 4 aromatic carbocycles. The number of amides is 1. The third-order valence-corrected chi connectivity index (χ3v) is 13.2. The maximum absolute atomic E-state index is 14.2. The molecule has 3 fully saturated rings. The fraction of sp³-hybridized carbons (Fsp3) is 0.386. The number of anilines is 1. The Labute approximate surface area is 343 Å². The molecule has 2 saturated heterocycles. The Morgan fingerprint density at radius 2 is 1.47 bits per heavy atom. The van der Waals surface area contributed by atoms with E-state index in [4.69, 9.17) is 23.4 Å². The molecular formula is C44H49N5O9S. The number of benzene rings is 4.